The third-order valence-electron chi connectivity index (χ3n) is 2.92. The van der Waals surface area contributed by atoms with E-state index in [9.17, 15) is 4.79 Å². The van der Waals surface area contributed by atoms with Gasteiger partial charge in [-0.15, -0.1) is 0 Å². The number of aryl methyl sites for hydroxylation is 1. The fourth-order valence-electron chi connectivity index (χ4n) is 1.95. The van der Waals surface area contributed by atoms with Crippen molar-refractivity contribution in [3.63, 3.8) is 0 Å². The smallest absolute Gasteiger partial charge is 0.228 e. The van der Waals surface area contributed by atoms with Crippen LogP contribution in [0.3, 0.4) is 0 Å². The molecule has 1 aromatic heterocycles. The first-order valence-corrected chi connectivity index (χ1v) is 7.31. The molecule has 0 atom stereocenters. The van der Waals surface area contributed by atoms with E-state index in [4.69, 9.17) is 0 Å². The summed E-state index contributed by atoms with van der Waals surface area (Å²) in [6, 6.07) is 3.73. The van der Waals surface area contributed by atoms with Crippen molar-refractivity contribution in [3.8, 4) is 0 Å². The van der Waals surface area contributed by atoms with Crippen LogP contribution in [0.25, 0.3) is 0 Å². The van der Waals surface area contributed by atoms with Crippen molar-refractivity contribution in [1.82, 2.24) is 4.98 Å². The molecule has 0 aliphatic heterocycles. The second-order valence-electron chi connectivity index (χ2n) is 4.53. The minimum atomic E-state index is 0.0907. The van der Waals surface area contributed by atoms with Gasteiger partial charge in [0.2, 0.25) is 5.91 Å². The number of nitrogens with one attached hydrogen (secondary N) is 1. The number of anilines is 1. The van der Waals surface area contributed by atoms with Crippen LogP contribution in [0.5, 0.6) is 0 Å². The third kappa shape index (κ3) is 4.41. The first-order valence-electron chi connectivity index (χ1n) is 6.52. The zero-order valence-corrected chi connectivity index (χ0v) is 12.9. The number of hydrogen-bond donors (Lipinski definition) is 1. The highest BCUT2D eigenvalue weighted by Crippen LogP contribution is 2.19. The first-order chi connectivity index (χ1) is 8.58. The molecule has 3 nitrogen and oxygen atoms in total. The molecule has 1 aromatic rings. The van der Waals surface area contributed by atoms with Gasteiger partial charge in [0.15, 0.2) is 0 Å². The third-order valence-corrected chi connectivity index (χ3v) is 3.76. The minimum absolute atomic E-state index is 0.0907. The van der Waals surface area contributed by atoms with E-state index in [2.05, 4.69) is 40.1 Å². The van der Waals surface area contributed by atoms with Crippen LogP contribution in [0.15, 0.2) is 16.6 Å². The molecule has 0 radical (unpaired) electrons. The second-order valence-corrected chi connectivity index (χ2v) is 5.38. The molecule has 1 amide bonds. The fraction of sp³-hybridized carbons (Fsp3) is 0.571. The van der Waals surface area contributed by atoms with Crippen LogP contribution in [-0.4, -0.2) is 10.9 Å². The van der Waals surface area contributed by atoms with E-state index in [1.165, 1.54) is 0 Å². The summed E-state index contributed by atoms with van der Waals surface area (Å²) < 4.78 is 0.958. The topological polar surface area (TPSA) is 42.0 Å². The maximum atomic E-state index is 12.1. The maximum Gasteiger partial charge on any atom is 0.228 e. The highest BCUT2D eigenvalue weighted by Gasteiger charge is 2.17. The molecule has 100 valence electrons. The fourth-order valence-corrected chi connectivity index (χ4v) is 2.17. The lowest BCUT2D eigenvalue weighted by Gasteiger charge is -2.15. The van der Waals surface area contributed by atoms with E-state index in [1.807, 2.05) is 19.1 Å². The summed E-state index contributed by atoms with van der Waals surface area (Å²) in [7, 11) is 0. The van der Waals surface area contributed by atoms with Gasteiger partial charge in [-0.2, -0.15) is 0 Å². The van der Waals surface area contributed by atoms with E-state index >= 15 is 0 Å². The molecule has 1 N–H and O–H groups in total. The standard InChI is InChI=1S/C14H21BrN2O/c1-4-6-11(7-5-2)14(18)17-13-9-8-12(15)10(3)16-13/h8-9,11H,4-7H2,1-3H3,(H,16,17,18). The van der Waals surface area contributed by atoms with E-state index in [0.717, 1.165) is 35.8 Å². The molecule has 1 heterocycles. The lowest BCUT2D eigenvalue weighted by atomic mass is 9.97. The van der Waals surface area contributed by atoms with Gasteiger partial charge in [-0.1, -0.05) is 26.7 Å². The second kappa shape index (κ2) is 7.52. The van der Waals surface area contributed by atoms with Gasteiger partial charge in [-0.05, 0) is 47.8 Å². The molecule has 0 bridgehead atoms. The molecule has 18 heavy (non-hydrogen) atoms. The Bertz CT molecular complexity index is 401. The summed E-state index contributed by atoms with van der Waals surface area (Å²) in [5, 5.41) is 2.91. The van der Waals surface area contributed by atoms with Crippen molar-refractivity contribution in [3.05, 3.63) is 22.3 Å². The average Bonchev–Trinajstić information content (AvgIpc) is 2.33. The molecule has 0 unspecified atom stereocenters. The Labute approximate surface area is 118 Å². The van der Waals surface area contributed by atoms with Gasteiger partial charge < -0.3 is 5.32 Å². The number of halogens is 1. The van der Waals surface area contributed by atoms with Gasteiger partial charge >= 0.3 is 0 Å². The van der Waals surface area contributed by atoms with Gasteiger partial charge in [0, 0.05) is 10.4 Å². The van der Waals surface area contributed by atoms with Gasteiger partial charge in [-0.25, -0.2) is 4.98 Å². The Morgan fingerprint density at radius 1 is 1.33 bits per heavy atom. The molecule has 0 aliphatic carbocycles. The van der Waals surface area contributed by atoms with E-state index in [-0.39, 0.29) is 11.8 Å². The molecule has 0 aromatic carbocycles. The molecule has 1 rings (SSSR count). The number of rotatable bonds is 6. The molecule has 0 spiro atoms. The Balaban J connectivity index is 2.69. The SMILES string of the molecule is CCCC(CCC)C(=O)Nc1ccc(Br)c(C)n1. The Morgan fingerprint density at radius 2 is 1.94 bits per heavy atom. The molecule has 0 saturated heterocycles. The van der Waals surface area contributed by atoms with Crippen LogP contribution >= 0.6 is 15.9 Å². The molecule has 0 saturated carbocycles. The number of aromatic nitrogens is 1. The van der Waals surface area contributed by atoms with Crippen molar-refractivity contribution in [2.24, 2.45) is 5.92 Å². The van der Waals surface area contributed by atoms with Crippen molar-refractivity contribution >= 4 is 27.7 Å². The van der Waals surface area contributed by atoms with Crippen LogP contribution in [0.1, 0.15) is 45.2 Å². The molecular formula is C14H21BrN2O. The first kappa shape index (κ1) is 15.2. The number of carbonyl (C=O) groups excluding carboxylic acids is 1. The van der Waals surface area contributed by atoms with E-state index in [1.54, 1.807) is 0 Å². The summed E-state index contributed by atoms with van der Waals surface area (Å²) in [5.74, 6) is 0.830. The monoisotopic (exact) mass is 312 g/mol. The summed E-state index contributed by atoms with van der Waals surface area (Å²) >= 11 is 3.40. The molecule has 0 fully saturated rings. The lowest BCUT2D eigenvalue weighted by molar-refractivity contribution is -0.120. The number of nitrogens with zero attached hydrogens (tertiary/aromatic N) is 1. The van der Waals surface area contributed by atoms with Crippen LogP contribution in [0, 0.1) is 12.8 Å². The lowest BCUT2D eigenvalue weighted by Crippen LogP contribution is -2.23. The van der Waals surface area contributed by atoms with Crippen molar-refractivity contribution in [1.29, 1.82) is 0 Å². The molecule has 0 aliphatic rings. The molecule has 4 heteroatoms. The number of hydrogen-bond acceptors (Lipinski definition) is 2. The van der Waals surface area contributed by atoms with Crippen LogP contribution in [0.4, 0.5) is 5.82 Å². The van der Waals surface area contributed by atoms with Gasteiger partial charge in [0.1, 0.15) is 5.82 Å². The normalized spacial score (nSPS) is 10.7. The highest BCUT2D eigenvalue weighted by molar-refractivity contribution is 9.10. The largest absolute Gasteiger partial charge is 0.310 e. The number of carbonyl (C=O) groups is 1. The Kier molecular flexibility index (Phi) is 6.33. The van der Waals surface area contributed by atoms with E-state index < -0.39 is 0 Å². The predicted molar refractivity (Wildman–Crippen MR) is 78.6 cm³/mol. The average molecular weight is 313 g/mol. The van der Waals surface area contributed by atoms with Crippen molar-refractivity contribution in [2.45, 2.75) is 46.5 Å². The quantitative estimate of drug-likeness (QED) is 0.850. The molecular weight excluding hydrogens is 292 g/mol. The highest BCUT2D eigenvalue weighted by atomic mass is 79.9. The van der Waals surface area contributed by atoms with Crippen molar-refractivity contribution in [2.75, 3.05) is 5.32 Å². The zero-order valence-electron chi connectivity index (χ0n) is 11.3. The maximum absolute atomic E-state index is 12.1. The van der Waals surface area contributed by atoms with Crippen LogP contribution in [-0.2, 0) is 4.79 Å². The number of pyridine rings is 1. The predicted octanol–water partition coefficient (Wildman–Crippen LogP) is 4.31. The Hall–Kier alpha value is -0.900. The zero-order chi connectivity index (χ0) is 13.5. The summed E-state index contributed by atoms with van der Waals surface area (Å²) in [4.78, 5) is 16.5. The Morgan fingerprint density at radius 3 is 2.44 bits per heavy atom. The van der Waals surface area contributed by atoms with E-state index in [0.29, 0.717) is 5.82 Å². The summed E-state index contributed by atoms with van der Waals surface area (Å²) in [5.41, 5.74) is 0.885. The van der Waals surface area contributed by atoms with Crippen LogP contribution in [0.2, 0.25) is 0 Å². The number of amides is 1. The van der Waals surface area contributed by atoms with Crippen molar-refractivity contribution < 1.29 is 4.79 Å². The van der Waals surface area contributed by atoms with Gasteiger partial charge in [0.05, 0.1) is 5.69 Å². The van der Waals surface area contributed by atoms with Gasteiger partial charge in [-0.3, -0.25) is 4.79 Å². The summed E-state index contributed by atoms with van der Waals surface area (Å²) in [6.45, 7) is 6.13. The summed E-state index contributed by atoms with van der Waals surface area (Å²) in [6.07, 6.45) is 3.94. The minimum Gasteiger partial charge on any atom is -0.310 e. The van der Waals surface area contributed by atoms with Crippen LogP contribution < -0.4 is 5.32 Å². The van der Waals surface area contributed by atoms with Gasteiger partial charge in [0.25, 0.3) is 0 Å².